The number of ketones is 1. The van der Waals surface area contributed by atoms with E-state index in [0.717, 1.165) is 6.07 Å². The maximum Gasteiger partial charge on any atom is 0.310 e. The second-order valence-electron chi connectivity index (χ2n) is 7.31. The molecule has 5 atom stereocenters. The Hall–Kier alpha value is -2.33. The standard InChI is InChI=1S/C19H20F2N2O3/c1-2-18(17(25)26)14-6-11(3-10-4-12(20)7-13(21)5-10)19(9-23,16(14)18)15(24)8-22/h4-5,7,11,14,16H,2-3,6,8,22H2,1H3,(H,25,26). The Labute approximate surface area is 149 Å². The molecule has 2 fully saturated rings. The van der Waals surface area contributed by atoms with Crippen LogP contribution in [-0.2, 0) is 16.0 Å². The molecule has 3 rings (SSSR count). The molecule has 0 radical (unpaired) electrons. The van der Waals surface area contributed by atoms with Crippen molar-refractivity contribution in [2.75, 3.05) is 6.54 Å². The maximum atomic E-state index is 13.5. The van der Waals surface area contributed by atoms with Crippen LogP contribution in [-0.4, -0.2) is 23.4 Å². The summed E-state index contributed by atoms with van der Waals surface area (Å²) in [7, 11) is 0. The van der Waals surface area contributed by atoms with Crippen LogP contribution in [0.4, 0.5) is 8.78 Å². The Balaban J connectivity index is 2.01. The number of carbonyl (C=O) groups excluding carboxylic acids is 1. The lowest BCUT2D eigenvalue weighted by molar-refractivity contribution is -0.146. The Morgan fingerprint density at radius 3 is 2.42 bits per heavy atom. The lowest BCUT2D eigenvalue weighted by atomic mass is 9.65. The van der Waals surface area contributed by atoms with E-state index < -0.39 is 46.1 Å². The predicted octanol–water partition coefficient (Wildman–Crippen LogP) is 2.29. The summed E-state index contributed by atoms with van der Waals surface area (Å²) in [6.07, 6.45) is 0.795. The highest BCUT2D eigenvalue weighted by atomic mass is 19.1. The SMILES string of the molecule is CCC1(C(=O)O)C2CC(Cc3cc(F)cc(F)c3)C(C#N)(C(=O)CN)C21. The minimum absolute atomic E-state index is 0.125. The van der Waals surface area contributed by atoms with E-state index >= 15 is 0 Å². The van der Waals surface area contributed by atoms with Crippen molar-refractivity contribution in [1.82, 2.24) is 0 Å². The number of benzene rings is 1. The third-order valence-electron chi connectivity index (χ3n) is 6.40. The van der Waals surface area contributed by atoms with E-state index in [9.17, 15) is 28.7 Å². The number of carboxylic acid groups (broad SMARTS) is 1. The molecule has 1 aromatic rings. The van der Waals surface area contributed by atoms with Gasteiger partial charge in [-0.1, -0.05) is 6.92 Å². The molecular formula is C19H20F2N2O3. The number of hydrogen-bond acceptors (Lipinski definition) is 4. The maximum absolute atomic E-state index is 13.5. The van der Waals surface area contributed by atoms with Crippen molar-refractivity contribution in [2.45, 2.75) is 26.2 Å². The number of nitrogens with two attached hydrogens (primary N) is 1. The van der Waals surface area contributed by atoms with E-state index in [1.54, 1.807) is 6.92 Å². The molecule has 0 saturated heterocycles. The topological polar surface area (TPSA) is 104 Å². The molecule has 0 spiro atoms. The third-order valence-corrected chi connectivity index (χ3v) is 6.40. The van der Waals surface area contributed by atoms with Crippen molar-refractivity contribution in [2.24, 2.45) is 34.3 Å². The molecule has 0 amide bonds. The number of halogens is 2. The summed E-state index contributed by atoms with van der Waals surface area (Å²) in [5.74, 6) is -4.39. The van der Waals surface area contributed by atoms with E-state index in [4.69, 9.17) is 5.73 Å². The molecule has 1 aromatic carbocycles. The number of rotatable bonds is 6. The van der Waals surface area contributed by atoms with Crippen molar-refractivity contribution in [1.29, 1.82) is 5.26 Å². The molecule has 138 valence electrons. The molecule has 7 heteroatoms. The van der Waals surface area contributed by atoms with Crippen molar-refractivity contribution >= 4 is 11.8 Å². The van der Waals surface area contributed by atoms with Crippen molar-refractivity contribution in [3.05, 3.63) is 35.4 Å². The van der Waals surface area contributed by atoms with Crippen molar-refractivity contribution < 1.29 is 23.5 Å². The van der Waals surface area contributed by atoms with Gasteiger partial charge < -0.3 is 10.8 Å². The van der Waals surface area contributed by atoms with E-state index in [1.165, 1.54) is 12.1 Å². The third kappa shape index (κ3) is 2.28. The molecule has 0 aliphatic heterocycles. The average Bonchev–Trinajstić information content (AvgIpc) is 3.12. The summed E-state index contributed by atoms with van der Waals surface area (Å²) >= 11 is 0. The first kappa shape index (κ1) is 18.5. The first-order valence-electron chi connectivity index (χ1n) is 8.60. The Kier molecular flexibility index (Phi) is 4.35. The number of Topliss-reactive ketones (excluding diaryl/α,β-unsaturated/α-hetero) is 1. The molecule has 0 heterocycles. The minimum Gasteiger partial charge on any atom is -0.481 e. The average molecular weight is 362 g/mol. The molecule has 3 N–H and O–H groups in total. The monoisotopic (exact) mass is 362 g/mol. The van der Waals surface area contributed by atoms with E-state index in [-0.39, 0.29) is 18.9 Å². The highest BCUT2D eigenvalue weighted by molar-refractivity contribution is 5.94. The van der Waals surface area contributed by atoms with Crippen molar-refractivity contribution in [3.8, 4) is 6.07 Å². The van der Waals surface area contributed by atoms with Gasteiger partial charge in [0, 0.05) is 12.0 Å². The van der Waals surface area contributed by atoms with E-state index in [0.29, 0.717) is 18.4 Å². The van der Waals surface area contributed by atoms with Gasteiger partial charge in [-0.25, -0.2) is 8.78 Å². The molecule has 5 nitrogen and oxygen atoms in total. The summed E-state index contributed by atoms with van der Waals surface area (Å²) in [4.78, 5) is 24.5. The highest BCUT2D eigenvalue weighted by Crippen LogP contribution is 2.77. The zero-order valence-corrected chi connectivity index (χ0v) is 14.3. The molecular weight excluding hydrogens is 342 g/mol. The zero-order chi connectivity index (χ0) is 19.3. The van der Waals surface area contributed by atoms with Gasteiger partial charge in [-0.3, -0.25) is 9.59 Å². The largest absolute Gasteiger partial charge is 0.481 e. The molecule has 0 aromatic heterocycles. The quantitative estimate of drug-likeness (QED) is 0.808. The number of nitriles is 1. The summed E-state index contributed by atoms with van der Waals surface area (Å²) in [6, 6.07) is 5.18. The number of carbonyl (C=O) groups is 2. The molecule has 2 saturated carbocycles. The van der Waals surface area contributed by atoms with Crippen LogP contribution in [0.15, 0.2) is 18.2 Å². The van der Waals surface area contributed by atoms with Gasteiger partial charge in [-0.05, 0) is 48.8 Å². The van der Waals surface area contributed by atoms with Crippen LogP contribution in [0.5, 0.6) is 0 Å². The van der Waals surface area contributed by atoms with Gasteiger partial charge in [0.2, 0.25) is 0 Å². The molecule has 2 aliphatic carbocycles. The van der Waals surface area contributed by atoms with Crippen LogP contribution in [0.2, 0.25) is 0 Å². The smallest absolute Gasteiger partial charge is 0.310 e. The molecule has 5 unspecified atom stereocenters. The fourth-order valence-corrected chi connectivity index (χ4v) is 5.31. The zero-order valence-electron chi connectivity index (χ0n) is 14.3. The second kappa shape index (κ2) is 6.13. The first-order valence-corrected chi connectivity index (χ1v) is 8.60. The van der Waals surface area contributed by atoms with Gasteiger partial charge in [-0.2, -0.15) is 5.26 Å². The van der Waals surface area contributed by atoms with Gasteiger partial charge >= 0.3 is 5.97 Å². The van der Waals surface area contributed by atoms with Crippen molar-refractivity contribution in [3.63, 3.8) is 0 Å². The van der Waals surface area contributed by atoms with E-state index in [2.05, 4.69) is 6.07 Å². The molecule has 2 aliphatic rings. The number of hydrogen-bond donors (Lipinski definition) is 2. The van der Waals surface area contributed by atoms with Crippen LogP contribution in [0, 0.1) is 51.5 Å². The Bertz CT molecular complexity index is 801. The Morgan fingerprint density at radius 2 is 1.96 bits per heavy atom. The Morgan fingerprint density at radius 1 is 1.35 bits per heavy atom. The van der Waals surface area contributed by atoms with Gasteiger partial charge in [0.25, 0.3) is 0 Å². The van der Waals surface area contributed by atoms with Crippen LogP contribution < -0.4 is 5.73 Å². The van der Waals surface area contributed by atoms with Crippen LogP contribution in [0.3, 0.4) is 0 Å². The van der Waals surface area contributed by atoms with Crippen LogP contribution in [0.25, 0.3) is 0 Å². The van der Waals surface area contributed by atoms with Gasteiger partial charge in [0.15, 0.2) is 5.78 Å². The highest BCUT2D eigenvalue weighted by Gasteiger charge is 2.82. The predicted molar refractivity (Wildman–Crippen MR) is 87.6 cm³/mol. The molecule has 26 heavy (non-hydrogen) atoms. The fourth-order valence-electron chi connectivity index (χ4n) is 5.31. The summed E-state index contributed by atoms with van der Waals surface area (Å²) in [5, 5.41) is 19.6. The van der Waals surface area contributed by atoms with E-state index in [1.807, 2.05) is 0 Å². The second-order valence-corrected chi connectivity index (χ2v) is 7.31. The first-order chi connectivity index (χ1) is 12.3. The number of fused-ring (bicyclic) bond motifs is 1. The summed E-state index contributed by atoms with van der Waals surface area (Å²) < 4.78 is 27.0. The van der Waals surface area contributed by atoms with Gasteiger partial charge in [0.1, 0.15) is 17.0 Å². The number of carboxylic acids is 1. The normalized spacial score (nSPS) is 34.8. The van der Waals surface area contributed by atoms with Gasteiger partial charge in [0.05, 0.1) is 18.0 Å². The minimum atomic E-state index is -1.53. The summed E-state index contributed by atoms with van der Waals surface area (Å²) in [6.45, 7) is 1.36. The number of nitrogens with zero attached hydrogens (tertiary/aromatic N) is 1. The number of aliphatic carboxylic acids is 1. The van der Waals surface area contributed by atoms with Crippen LogP contribution in [0.1, 0.15) is 25.3 Å². The lowest BCUT2D eigenvalue weighted by Crippen LogP contribution is -2.45. The molecule has 0 bridgehead atoms. The van der Waals surface area contributed by atoms with Crippen LogP contribution >= 0.6 is 0 Å². The fraction of sp³-hybridized carbons (Fsp3) is 0.526. The van der Waals surface area contributed by atoms with Gasteiger partial charge in [-0.15, -0.1) is 0 Å². The summed E-state index contributed by atoms with van der Waals surface area (Å²) in [5.41, 5.74) is 3.25. The lowest BCUT2D eigenvalue weighted by Gasteiger charge is -2.33.